The van der Waals surface area contributed by atoms with Gasteiger partial charge < -0.3 is 9.88 Å². The third kappa shape index (κ3) is 5.18. The minimum atomic E-state index is -0.287. The van der Waals surface area contributed by atoms with Crippen molar-refractivity contribution < 1.29 is 18.4 Å². The summed E-state index contributed by atoms with van der Waals surface area (Å²) in [5, 5.41) is 3.47. The number of carbonyl (C=O) groups excluding carboxylic acids is 2. The van der Waals surface area contributed by atoms with Gasteiger partial charge in [-0.05, 0) is 73.8 Å². The summed E-state index contributed by atoms with van der Waals surface area (Å²) in [5.41, 5.74) is 4.13. The molecule has 1 fully saturated rings. The minimum absolute atomic E-state index is 0. The molecule has 2 aromatic carbocycles. The molecular formula is C26H29ClF2N4O2. The number of aromatic nitrogens is 1. The fourth-order valence-corrected chi connectivity index (χ4v) is 5.10. The Hall–Kier alpha value is -2.97. The Bertz CT molecular complexity index is 1210. The van der Waals surface area contributed by atoms with Crippen molar-refractivity contribution in [3.05, 3.63) is 65.4 Å². The molecule has 5 rings (SSSR count). The van der Waals surface area contributed by atoms with E-state index >= 15 is 0 Å². The average molecular weight is 503 g/mol. The highest BCUT2D eigenvalue weighted by Crippen LogP contribution is 2.34. The summed E-state index contributed by atoms with van der Waals surface area (Å²) in [4.78, 5) is 26.9. The van der Waals surface area contributed by atoms with Crippen molar-refractivity contribution in [3.8, 4) is 5.69 Å². The zero-order valence-corrected chi connectivity index (χ0v) is 20.3. The number of nitrogens with one attached hydrogen (secondary N) is 1. The molecule has 0 radical (unpaired) electrons. The molecule has 0 unspecified atom stereocenters. The number of benzene rings is 2. The maximum atomic E-state index is 14.0. The van der Waals surface area contributed by atoms with Crippen LogP contribution in [0.3, 0.4) is 0 Å². The van der Waals surface area contributed by atoms with Gasteiger partial charge in [-0.1, -0.05) is 12.8 Å². The van der Waals surface area contributed by atoms with Crippen LogP contribution in [0.25, 0.3) is 16.6 Å². The van der Waals surface area contributed by atoms with E-state index in [0.29, 0.717) is 6.54 Å². The molecule has 0 atom stereocenters. The molecular weight excluding hydrogens is 474 g/mol. The number of hydrogen-bond donors (Lipinski definition) is 1. The van der Waals surface area contributed by atoms with Crippen molar-refractivity contribution in [2.75, 3.05) is 26.2 Å². The van der Waals surface area contributed by atoms with Crippen LogP contribution in [0.5, 0.6) is 0 Å². The van der Waals surface area contributed by atoms with Crippen LogP contribution in [0, 0.1) is 11.6 Å². The van der Waals surface area contributed by atoms with Crippen LogP contribution in [0.2, 0.25) is 0 Å². The van der Waals surface area contributed by atoms with Crippen LogP contribution in [-0.4, -0.2) is 52.5 Å². The van der Waals surface area contributed by atoms with E-state index in [4.69, 9.17) is 0 Å². The maximum Gasteiger partial charge on any atom is 0.324 e. The van der Waals surface area contributed by atoms with Gasteiger partial charge in [0.1, 0.15) is 11.6 Å². The summed E-state index contributed by atoms with van der Waals surface area (Å²) < 4.78 is 29.7. The SMILES string of the molecule is Cl.O=C1CNC(=O)N1CCCCCCN1CCc2c(n(-c3ccc(F)cc3)c3ccc(F)cc23)C1. The van der Waals surface area contributed by atoms with Crippen molar-refractivity contribution >= 4 is 35.2 Å². The van der Waals surface area contributed by atoms with Crippen LogP contribution >= 0.6 is 12.4 Å². The predicted molar refractivity (Wildman–Crippen MR) is 133 cm³/mol. The molecule has 1 aromatic heterocycles. The van der Waals surface area contributed by atoms with Crippen LogP contribution in [0.4, 0.5) is 13.6 Å². The number of unbranched alkanes of at least 4 members (excludes halogenated alkanes) is 3. The lowest BCUT2D eigenvalue weighted by atomic mass is 10.0. The zero-order valence-electron chi connectivity index (χ0n) is 19.4. The van der Waals surface area contributed by atoms with Gasteiger partial charge in [-0.3, -0.25) is 14.6 Å². The van der Waals surface area contributed by atoms with Crippen molar-refractivity contribution in [1.82, 2.24) is 19.7 Å². The van der Waals surface area contributed by atoms with Crippen molar-refractivity contribution in [3.63, 3.8) is 0 Å². The first kappa shape index (κ1) is 25.1. The molecule has 186 valence electrons. The Morgan fingerprint density at radius 2 is 1.60 bits per heavy atom. The zero-order chi connectivity index (χ0) is 23.7. The van der Waals surface area contributed by atoms with Crippen LogP contribution in [0.15, 0.2) is 42.5 Å². The molecule has 2 aliphatic heterocycles. The van der Waals surface area contributed by atoms with Crippen molar-refractivity contribution in [2.24, 2.45) is 0 Å². The molecule has 3 heterocycles. The lowest BCUT2D eigenvalue weighted by Gasteiger charge is -2.28. The molecule has 2 aliphatic rings. The highest BCUT2D eigenvalue weighted by Gasteiger charge is 2.27. The van der Waals surface area contributed by atoms with Gasteiger partial charge in [-0.15, -0.1) is 12.4 Å². The summed E-state index contributed by atoms with van der Waals surface area (Å²) in [7, 11) is 0. The Balaban J connectivity index is 0.00000289. The van der Waals surface area contributed by atoms with E-state index in [2.05, 4.69) is 14.8 Å². The van der Waals surface area contributed by atoms with Gasteiger partial charge in [0, 0.05) is 36.4 Å². The third-order valence-electron chi connectivity index (χ3n) is 6.82. The van der Waals surface area contributed by atoms with Gasteiger partial charge in [0.2, 0.25) is 5.91 Å². The van der Waals surface area contributed by atoms with E-state index < -0.39 is 0 Å². The van der Waals surface area contributed by atoms with Gasteiger partial charge in [0.05, 0.1) is 12.1 Å². The third-order valence-corrected chi connectivity index (χ3v) is 6.82. The number of hydrogen-bond acceptors (Lipinski definition) is 3. The Labute approximate surface area is 209 Å². The minimum Gasteiger partial charge on any atom is -0.329 e. The van der Waals surface area contributed by atoms with Crippen molar-refractivity contribution in [1.29, 1.82) is 0 Å². The molecule has 3 aromatic rings. The highest BCUT2D eigenvalue weighted by atomic mass is 35.5. The number of amides is 3. The maximum absolute atomic E-state index is 14.0. The number of urea groups is 1. The van der Waals surface area contributed by atoms with Gasteiger partial charge in [-0.2, -0.15) is 0 Å². The van der Waals surface area contributed by atoms with Crippen LogP contribution in [-0.2, 0) is 17.8 Å². The summed E-state index contributed by atoms with van der Waals surface area (Å²) in [6, 6.07) is 11.0. The van der Waals surface area contributed by atoms with E-state index in [1.54, 1.807) is 18.2 Å². The molecule has 1 saturated heterocycles. The molecule has 0 aliphatic carbocycles. The van der Waals surface area contributed by atoms with Gasteiger partial charge in [0.25, 0.3) is 0 Å². The molecule has 0 saturated carbocycles. The molecule has 0 spiro atoms. The fourth-order valence-electron chi connectivity index (χ4n) is 5.10. The Kier molecular flexibility index (Phi) is 7.72. The first-order valence-corrected chi connectivity index (χ1v) is 11.9. The topological polar surface area (TPSA) is 57.6 Å². The second-order valence-electron chi connectivity index (χ2n) is 9.04. The first-order chi connectivity index (χ1) is 16.5. The van der Waals surface area contributed by atoms with Crippen LogP contribution in [0.1, 0.15) is 36.9 Å². The second kappa shape index (κ2) is 10.7. The normalized spacial score (nSPS) is 15.9. The molecule has 6 nitrogen and oxygen atoms in total. The second-order valence-corrected chi connectivity index (χ2v) is 9.04. The van der Waals surface area contributed by atoms with E-state index in [1.807, 2.05) is 6.07 Å². The summed E-state index contributed by atoms with van der Waals surface area (Å²) in [6.45, 7) is 3.20. The number of fused-ring (bicyclic) bond motifs is 3. The number of halogens is 3. The monoisotopic (exact) mass is 502 g/mol. The Morgan fingerprint density at radius 3 is 2.31 bits per heavy atom. The summed E-state index contributed by atoms with van der Waals surface area (Å²) >= 11 is 0. The molecule has 0 bridgehead atoms. The predicted octanol–water partition coefficient (Wildman–Crippen LogP) is 4.80. The average Bonchev–Trinajstić information content (AvgIpc) is 3.32. The lowest BCUT2D eigenvalue weighted by molar-refractivity contribution is -0.125. The lowest BCUT2D eigenvalue weighted by Crippen LogP contribution is -2.32. The van der Waals surface area contributed by atoms with Crippen LogP contribution < -0.4 is 5.32 Å². The molecule has 3 amide bonds. The summed E-state index contributed by atoms with van der Waals surface area (Å²) in [6.07, 6.45) is 4.68. The number of nitrogens with zero attached hydrogens (tertiary/aromatic N) is 3. The summed E-state index contributed by atoms with van der Waals surface area (Å²) in [5.74, 6) is -0.677. The smallest absolute Gasteiger partial charge is 0.324 e. The molecule has 35 heavy (non-hydrogen) atoms. The quantitative estimate of drug-likeness (QED) is 0.355. The Morgan fingerprint density at radius 1 is 0.886 bits per heavy atom. The first-order valence-electron chi connectivity index (χ1n) is 11.9. The fraction of sp³-hybridized carbons (Fsp3) is 0.385. The largest absolute Gasteiger partial charge is 0.329 e. The van der Waals surface area contributed by atoms with E-state index in [1.165, 1.54) is 28.7 Å². The number of rotatable bonds is 8. The van der Waals surface area contributed by atoms with E-state index in [9.17, 15) is 18.4 Å². The molecule has 1 N–H and O–H groups in total. The standard InChI is InChI=1S/C26H28F2N4O2.ClH/c27-18-5-8-20(9-6-18)32-23-10-7-19(28)15-22(23)21-11-14-30(17-24(21)32)12-3-1-2-4-13-31-25(33)16-29-26(31)34;/h5-10,15H,1-4,11-14,16-17H2,(H,29,34);1H. The van der Waals surface area contributed by atoms with Gasteiger partial charge in [0.15, 0.2) is 0 Å². The van der Waals surface area contributed by atoms with Crippen molar-refractivity contribution in [2.45, 2.75) is 38.6 Å². The van der Waals surface area contributed by atoms with Gasteiger partial charge >= 0.3 is 6.03 Å². The number of carbonyl (C=O) groups is 2. The van der Waals surface area contributed by atoms with E-state index in [0.717, 1.165) is 74.0 Å². The number of imide groups is 1. The van der Waals surface area contributed by atoms with Gasteiger partial charge in [-0.25, -0.2) is 13.6 Å². The molecule has 9 heteroatoms. The highest BCUT2D eigenvalue weighted by molar-refractivity contribution is 6.01. The van der Waals surface area contributed by atoms with E-state index in [-0.39, 0.29) is 42.5 Å².